The van der Waals surface area contributed by atoms with Crippen molar-refractivity contribution < 1.29 is 24.2 Å². The van der Waals surface area contributed by atoms with Crippen molar-refractivity contribution in [2.45, 2.75) is 109 Å². The molecule has 3 N–H and O–H groups in total. The third-order valence-corrected chi connectivity index (χ3v) is 7.25. The van der Waals surface area contributed by atoms with Crippen molar-refractivity contribution in [3.63, 3.8) is 0 Å². The van der Waals surface area contributed by atoms with Gasteiger partial charge in [0.05, 0.1) is 0 Å². The van der Waals surface area contributed by atoms with E-state index in [4.69, 9.17) is 4.74 Å². The number of nitrogens with zero attached hydrogens (tertiary/aromatic N) is 1. The standard InChI is InChI=1S/C33H47N3O5/c1-5-6-13-21-36(29(25-17-14-20-27(37)23-25)30(38)34-26-18-11-8-12-19-26)31(39)28(22-24-15-9-7-10-16-24)35-32(40)41-33(2,3)4/h7,9-10,14-17,20,23,26,28-29,37H,5-6,8,11-13,18-19,21-22H2,1-4H3,(H,34,38)(H,35,40). The van der Waals surface area contributed by atoms with Crippen LogP contribution < -0.4 is 10.6 Å². The number of ether oxygens (including phenoxy) is 1. The minimum Gasteiger partial charge on any atom is -0.508 e. The lowest BCUT2D eigenvalue weighted by Crippen LogP contribution is -2.54. The molecule has 1 aliphatic rings. The second-order valence-corrected chi connectivity index (χ2v) is 12.0. The SMILES string of the molecule is CCCCCN(C(=O)C(Cc1ccccc1)NC(=O)OC(C)(C)C)C(C(=O)NC1CCCCC1)c1cccc(O)c1. The molecule has 0 spiro atoms. The van der Waals surface area contributed by atoms with E-state index >= 15 is 0 Å². The molecule has 0 bridgehead atoms. The molecule has 0 aromatic heterocycles. The number of amides is 3. The van der Waals surface area contributed by atoms with Gasteiger partial charge in [-0.05, 0) is 63.3 Å². The lowest BCUT2D eigenvalue weighted by atomic mass is 9.94. The topological polar surface area (TPSA) is 108 Å². The molecule has 2 aromatic rings. The van der Waals surface area contributed by atoms with Gasteiger partial charge in [0, 0.05) is 19.0 Å². The van der Waals surface area contributed by atoms with Gasteiger partial charge in [-0.15, -0.1) is 0 Å². The summed E-state index contributed by atoms with van der Waals surface area (Å²) < 4.78 is 5.51. The first-order valence-electron chi connectivity index (χ1n) is 15.0. The van der Waals surface area contributed by atoms with Crippen LogP contribution in [0, 0.1) is 0 Å². The number of phenols is 1. The van der Waals surface area contributed by atoms with Crippen molar-refractivity contribution in [3.05, 3.63) is 65.7 Å². The van der Waals surface area contributed by atoms with Crippen LogP contribution in [0.2, 0.25) is 0 Å². The highest BCUT2D eigenvalue weighted by molar-refractivity contribution is 5.92. The van der Waals surface area contributed by atoms with Gasteiger partial charge in [-0.2, -0.15) is 0 Å². The summed E-state index contributed by atoms with van der Waals surface area (Å²) >= 11 is 0. The van der Waals surface area contributed by atoms with Crippen LogP contribution in [-0.2, 0) is 20.7 Å². The van der Waals surface area contributed by atoms with Crippen LogP contribution in [0.1, 0.15) is 96.2 Å². The zero-order valence-electron chi connectivity index (χ0n) is 25.0. The van der Waals surface area contributed by atoms with E-state index in [0.29, 0.717) is 18.5 Å². The Hall–Kier alpha value is -3.55. The number of benzene rings is 2. The highest BCUT2D eigenvalue weighted by atomic mass is 16.6. The van der Waals surface area contributed by atoms with Crippen LogP contribution in [0.4, 0.5) is 4.79 Å². The summed E-state index contributed by atoms with van der Waals surface area (Å²) in [6.45, 7) is 7.71. The molecule has 2 aromatic carbocycles. The Morgan fingerprint density at radius 3 is 2.34 bits per heavy atom. The molecule has 41 heavy (non-hydrogen) atoms. The Morgan fingerprint density at radius 1 is 1.00 bits per heavy atom. The molecule has 224 valence electrons. The number of phenolic OH excluding ortho intramolecular Hbond substituents is 1. The Labute approximate surface area is 244 Å². The second-order valence-electron chi connectivity index (χ2n) is 12.0. The number of hydrogen-bond acceptors (Lipinski definition) is 5. The molecular weight excluding hydrogens is 518 g/mol. The van der Waals surface area contributed by atoms with Crippen molar-refractivity contribution in [1.82, 2.24) is 15.5 Å². The first-order valence-corrected chi connectivity index (χ1v) is 15.0. The van der Waals surface area contributed by atoms with Crippen LogP contribution in [0.5, 0.6) is 5.75 Å². The van der Waals surface area contributed by atoms with Crippen LogP contribution in [0.15, 0.2) is 54.6 Å². The van der Waals surface area contributed by atoms with Gasteiger partial charge >= 0.3 is 6.09 Å². The minimum absolute atomic E-state index is 0.0200. The van der Waals surface area contributed by atoms with Crippen LogP contribution in [0.3, 0.4) is 0 Å². The molecule has 8 nitrogen and oxygen atoms in total. The number of hydrogen-bond donors (Lipinski definition) is 3. The molecule has 3 rings (SSSR count). The average Bonchev–Trinajstić information content (AvgIpc) is 2.92. The predicted octanol–water partition coefficient (Wildman–Crippen LogP) is 6.04. The summed E-state index contributed by atoms with van der Waals surface area (Å²) in [6, 6.07) is 14.1. The average molecular weight is 566 g/mol. The van der Waals surface area contributed by atoms with Crippen molar-refractivity contribution in [3.8, 4) is 5.75 Å². The molecule has 2 unspecified atom stereocenters. The van der Waals surface area contributed by atoms with E-state index in [1.165, 1.54) is 0 Å². The van der Waals surface area contributed by atoms with E-state index in [1.807, 2.05) is 30.3 Å². The third-order valence-electron chi connectivity index (χ3n) is 7.25. The minimum atomic E-state index is -0.966. The van der Waals surface area contributed by atoms with E-state index < -0.39 is 23.8 Å². The summed E-state index contributed by atoms with van der Waals surface area (Å²) in [5, 5.41) is 16.3. The van der Waals surface area contributed by atoms with E-state index in [0.717, 1.165) is 50.5 Å². The van der Waals surface area contributed by atoms with Crippen molar-refractivity contribution in [2.24, 2.45) is 0 Å². The van der Waals surface area contributed by atoms with Crippen LogP contribution >= 0.6 is 0 Å². The quantitative estimate of drug-likeness (QED) is 0.272. The maximum Gasteiger partial charge on any atom is 0.408 e. The summed E-state index contributed by atoms with van der Waals surface area (Å²) in [6.07, 6.45) is 7.12. The summed E-state index contributed by atoms with van der Waals surface area (Å²) in [7, 11) is 0. The van der Waals surface area contributed by atoms with E-state index in [-0.39, 0.29) is 30.0 Å². The lowest BCUT2D eigenvalue weighted by Gasteiger charge is -2.36. The Kier molecular flexibility index (Phi) is 12.0. The maximum absolute atomic E-state index is 14.5. The molecule has 3 amide bonds. The van der Waals surface area contributed by atoms with Gasteiger partial charge in [-0.3, -0.25) is 9.59 Å². The van der Waals surface area contributed by atoms with Crippen molar-refractivity contribution in [1.29, 1.82) is 0 Å². The maximum atomic E-state index is 14.5. The summed E-state index contributed by atoms with van der Waals surface area (Å²) in [5.74, 6) is -0.627. The monoisotopic (exact) mass is 565 g/mol. The van der Waals surface area contributed by atoms with E-state index in [9.17, 15) is 19.5 Å². The number of carbonyl (C=O) groups is 3. The molecule has 0 radical (unpaired) electrons. The molecule has 0 aliphatic heterocycles. The lowest BCUT2D eigenvalue weighted by molar-refractivity contribution is -0.143. The zero-order valence-corrected chi connectivity index (χ0v) is 25.0. The highest BCUT2D eigenvalue weighted by Crippen LogP contribution is 2.28. The molecule has 1 saturated carbocycles. The first kappa shape index (κ1) is 32.0. The largest absolute Gasteiger partial charge is 0.508 e. The summed E-state index contributed by atoms with van der Waals surface area (Å²) in [5.41, 5.74) is 0.657. The van der Waals surface area contributed by atoms with Crippen molar-refractivity contribution in [2.75, 3.05) is 6.54 Å². The van der Waals surface area contributed by atoms with Gasteiger partial charge in [0.25, 0.3) is 0 Å². The molecule has 0 heterocycles. The van der Waals surface area contributed by atoms with Gasteiger partial charge in [0.15, 0.2) is 0 Å². The van der Waals surface area contributed by atoms with Gasteiger partial charge in [0.2, 0.25) is 11.8 Å². The smallest absolute Gasteiger partial charge is 0.408 e. The third kappa shape index (κ3) is 10.4. The number of aromatic hydroxyl groups is 1. The fraction of sp³-hybridized carbons (Fsp3) is 0.545. The summed E-state index contributed by atoms with van der Waals surface area (Å²) in [4.78, 5) is 42.9. The zero-order chi connectivity index (χ0) is 29.8. The fourth-order valence-electron chi connectivity index (χ4n) is 5.29. The predicted molar refractivity (Wildman–Crippen MR) is 160 cm³/mol. The number of rotatable bonds is 12. The number of nitrogens with one attached hydrogen (secondary N) is 2. The Balaban J connectivity index is 2.00. The van der Waals surface area contributed by atoms with Crippen LogP contribution in [0.25, 0.3) is 0 Å². The number of alkyl carbamates (subject to hydrolysis) is 1. The Morgan fingerprint density at radius 2 is 1.71 bits per heavy atom. The molecule has 0 saturated heterocycles. The van der Waals surface area contributed by atoms with Gasteiger partial charge in [-0.1, -0.05) is 81.5 Å². The Bertz CT molecular complexity index is 1130. The van der Waals surface area contributed by atoms with Gasteiger partial charge in [-0.25, -0.2) is 4.79 Å². The number of unbranched alkanes of at least 4 members (excludes halogenated alkanes) is 2. The van der Waals surface area contributed by atoms with Crippen LogP contribution in [-0.4, -0.2) is 52.1 Å². The highest BCUT2D eigenvalue weighted by Gasteiger charge is 2.37. The molecule has 1 fully saturated rings. The second kappa shape index (κ2) is 15.5. The van der Waals surface area contributed by atoms with Gasteiger partial charge < -0.3 is 25.4 Å². The normalized spacial score (nSPS) is 15.4. The van der Waals surface area contributed by atoms with Crippen molar-refractivity contribution >= 4 is 17.9 Å². The fourth-order valence-corrected chi connectivity index (χ4v) is 5.29. The van der Waals surface area contributed by atoms with Gasteiger partial charge in [0.1, 0.15) is 23.4 Å². The number of carbonyl (C=O) groups excluding carboxylic acids is 3. The van der Waals surface area contributed by atoms with E-state index in [2.05, 4.69) is 17.6 Å². The molecule has 2 atom stereocenters. The molecule has 1 aliphatic carbocycles. The molecule has 8 heteroatoms. The molecular formula is C33H47N3O5. The van der Waals surface area contributed by atoms with E-state index in [1.54, 1.807) is 49.9 Å². The first-order chi connectivity index (χ1) is 19.6.